The van der Waals surface area contributed by atoms with Crippen LogP contribution in [0, 0.1) is 0 Å². The van der Waals surface area contributed by atoms with E-state index in [0.29, 0.717) is 11.4 Å². The second-order valence-electron chi connectivity index (χ2n) is 5.37. The molecule has 0 aliphatic heterocycles. The summed E-state index contributed by atoms with van der Waals surface area (Å²) in [5.41, 5.74) is 1.63. The summed E-state index contributed by atoms with van der Waals surface area (Å²) in [6, 6.07) is 15.5. The lowest BCUT2D eigenvalue weighted by atomic mass is 10.1. The SMILES string of the molecule is COc1ccccc1-c1ccc(=O)n(-c2ccc(OC(F)(F)F)cc2)c1. The fourth-order valence-electron chi connectivity index (χ4n) is 2.54. The minimum absolute atomic E-state index is 0.312. The molecule has 2 aromatic carbocycles. The van der Waals surface area contributed by atoms with E-state index < -0.39 is 6.36 Å². The molecule has 0 N–H and O–H groups in total. The maximum Gasteiger partial charge on any atom is 0.573 e. The molecule has 0 saturated carbocycles. The van der Waals surface area contributed by atoms with E-state index in [0.717, 1.165) is 23.3 Å². The van der Waals surface area contributed by atoms with Crippen molar-refractivity contribution < 1.29 is 22.6 Å². The van der Waals surface area contributed by atoms with Gasteiger partial charge in [-0.25, -0.2) is 0 Å². The zero-order chi connectivity index (χ0) is 18.7. The van der Waals surface area contributed by atoms with Crippen LogP contribution >= 0.6 is 0 Å². The van der Waals surface area contributed by atoms with Crippen molar-refractivity contribution in [2.24, 2.45) is 0 Å². The van der Waals surface area contributed by atoms with Crippen LogP contribution in [-0.2, 0) is 0 Å². The smallest absolute Gasteiger partial charge is 0.496 e. The predicted molar refractivity (Wildman–Crippen MR) is 90.7 cm³/mol. The van der Waals surface area contributed by atoms with Crippen LogP contribution in [0.25, 0.3) is 16.8 Å². The third-order valence-corrected chi connectivity index (χ3v) is 3.68. The topological polar surface area (TPSA) is 40.5 Å². The van der Waals surface area contributed by atoms with Gasteiger partial charge in [0.15, 0.2) is 0 Å². The second-order valence-corrected chi connectivity index (χ2v) is 5.37. The summed E-state index contributed by atoms with van der Waals surface area (Å²) in [4.78, 5) is 12.2. The Morgan fingerprint density at radius 3 is 2.27 bits per heavy atom. The van der Waals surface area contributed by atoms with Gasteiger partial charge in [-0.3, -0.25) is 9.36 Å². The first-order chi connectivity index (χ1) is 12.4. The molecular formula is C19H14F3NO3. The fraction of sp³-hybridized carbons (Fsp3) is 0.105. The standard InChI is InChI=1S/C19H14F3NO3/c1-25-17-5-3-2-4-16(17)13-6-11-18(24)23(12-13)14-7-9-15(10-8-14)26-19(20,21)22/h2-12H,1H3. The number of pyridine rings is 1. The van der Waals surface area contributed by atoms with Crippen LogP contribution in [0.5, 0.6) is 11.5 Å². The van der Waals surface area contributed by atoms with Gasteiger partial charge in [0.05, 0.1) is 7.11 Å². The van der Waals surface area contributed by atoms with Gasteiger partial charge in [0.25, 0.3) is 5.56 Å². The van der Waals surface area contributed by atoms with Gasteiger partial charge in [0.1, 0.15) is 11.5 Å². The maximum absolute atomic E-state index is 12.3. The number of halogens is 3. The first-order valence-electron chi connectivity index (χ1n) is 7.60. The van der Waals surface area contributed by atoms with Gasteiger partial charge in [-0.15, -0.1) is 13.2 Å². The Bertz CT molecular complexity index is 963. The van der Waals surface area contributed by atoms with Crippen LogP contribution < -0.4 is 15.0 Å². The van der Waals surface area contributed by atoms with E-state index in [1.54, 1.807) is 25.4 Å². The lowest BCUT2D eigenvalue weighted by molar-refractivity contribution is -0.274. The minimum atomic E-state index is -4.76. The number of para-hydroxylation sites is 1. The Hall–Kier alpha value is -3.22. The zero-order valence-corrected chi connectivity index (χ0v) is 13.7. The predicted octanol–water partition coefficient (Wildman–Crippen LogP) is 4.41. The zero-order valence-electron chi connectivity index (χ0n) is 13.7. The molecule has 3 rings (SSSR count). The maximum atomic E-state index is 12.3. The number of nitrogens with zero attached hydrogens (tertiary/aromatic N) is 1. The summed E-state index contributed by atoms with van der Waals surface area (Å²) in [5, 5.41) is 0. The molecule has 0 fully saturated rings. The molecule has 26 heavy (non-hydrogen) atoms. The third-order valence-electron chi connectivity index (χ3n) is 3.68. The van der Waals surface area contributed by atoms with Crippen molar-refractivity contribution in [3.63, 3.8) is 0 Å². The lowest BCUT2D eigenvalue weighted by Gasteiger charge is -2.12. The van der Waals surface area contributed by atoms with Crippen molar-refractivity contribution >= 4 is 0 Å². The highest BCUT2D eigenvalue weighted by Gasteiger charge is 2.30. The van der Waals surface area contributed by atoms with E-state index in [2.05, 4.69) is 4.74 Å². The highest BCUT2D eigenvalue weighted by Crippen LogP contribution is 2.29. The third kappa shape index (κ3) is 3.88. The molecule has 0 aliphatic carbocycles. The van der Waals surface area contributed by atoms with Crippen LogP contribution in [0.15, 0.2) is 71.7 Å². The Labute approximate surface area is 147 Å². The van der Waals surface area contributed by atoms with Gasteiger partial charge >= 0.3 is 6.36 Å². The van der Waals surface area contributed by atoms with Gasteiger partial charge in [-0.1, -0.05) is 18.2 Å². The summed E-state index contributed by atoms with van der Waals surface area (Å²) in [5.74, 6) is 0.293. The molecule has 0 spiro atoms. The van der Waals surface area contributed by atoms with Crippen molar-refractivity contribution in [1.29, 1.82) is 0 Å². The number of hydrogen-bond donors (Lipinski definition) is 0. The molecule has 7 heteroatoms. The number of hydrogen-bond acceptors (Lipinski definition) is 3. The molecule has 1 heterocycles. The lowest BCUT2D eigenvalue weighted by Crippen LogP contribution is -2.18. The van der Waals surface area contributed by atoms with E-state index in [1.807, 2.05) is 18.2 Å². The van der Waals surface area contributed by atoms with Crippen molar-refractivity contribution in [3.8, 4) is 28.3 Å². The van der Waals surface area contributed by atoms with E-state index in [-0.39, 0.29) is 11.3 Å². The first-order valence-corrected chi connectivity index (χ1v) is 7.60. The number of aromatic nitrogens is 1. The van der Waals surface area contributed by atoms with Crippen LogP contribution in [0.3, 0.4) is 0 Å². The Morgan fingerprint density at radius 1 is 0.923 bits per heavy atom. The molecule has 0 amide bonds. The van der Waals surface area contributed by atoms with E-state index in [4.69, 9.17) is 4.74 Å². The summed E-state index contributed by atoms with van der Waals surface area (Å²) in [6.45, 7) is 0. The van der Waals surface area contributed by atoms with Crippen LogP contribution in [0.2, 0.25) is 0 Å². The van der Waals surface area contributed by atoms with Crippen molar-refractivity contribution in [1.82, 2.24) is 4.57 Å². The van der Waals surface area contributed by atoms with Gasteiger partial charge in [-0.05, 0) is 36.4 Å². The number of alkyl halides is 3. The molecule has 0 bridgehead atoms. The quantitative estimate of drug-likeness (QED) is 0.691. The first kappa shape index (κ1) is 17.6. The van der Waals surface area contributed by atoms with Crippen molar-refractivity contribution in [3.05, 3.63) is 77.2 Å². The summed E-state index contributed by atoms with van der Waals surface area (Å²) >= 11 is 0. The molecule has 0 unspecified atom stereocenters. The number of rotatable bonds is 4. The molecular weight excluding hydrogens is 347 g/mol. The molecule has 4 nitrogen and oxygen atoms in total. The van der Waals surface area contributed by atoms with Crippen molar-refractivity contribution in [2.75, 3.05) is 7.11 Å². The molecule has 0 saturated heterocycles. The number of benzene rings is 2. The van der Waals surface area contributed by atoms with Gasteiger partial charge in [-0.2, -0.15) is 0 Å². The molecule has 134 valence electrons. The van der Waals surface area contributed by atoms with E-state index in [1.165, 1.54) is 22.8 Å². The van der Waals surface area contributed by atoms with E-state index in [9.17, 15) is 18.0 Å². The Morgan fingerprint density at radius 2 is 1.62 bits per heavy atom. The van der Waals surface area contributed by atoms with Gasteiger partial charge in [0, 0.05) is 29.1 Å². The number of methoxy groups -OCH3 is 1. The number of ether oxygens (including phenoxy) is 2. The van der Waals surface area contributed by atoms with Crippen LogP contribution in [0.4, 0.5) is 13.2 Å². The van der Waals surface area contributed by atoms with Crippen LogP contribution in [-0.4, -0.2) is 18.0 Å². The van der Waals surface area contributed by atoms with Gasteiger partial charge in [0.2, 0.25) is 0 Å². The van der Waals surface area contributed by atoms with Crippen LogP contribution in [0.1, 0.15) is 0 Å². The van der Waals surface area contributed by atoms with E-state index >= 15 is 0 Å². The van der Waals surface area contributed by atoms with Gasteiger partial charge < -0.3 is 9.47 Å². The monoisotopic (exact) mass is 361 g/mol. The molecule has 0 aliphatic rings. The Balaban J connectivity index is 2.00. The molecule has 1 aromatic heterocycles. The summed E-state index contributed by atoms with van der Waals surface area (Å²) in [7, 11) is 1.55. The normalized spacial score (nSPS) is 11.2. The minimum Gasteiger partial charge on any atom is -0.496 e. The fourth-order valence-corrected chi connectivity index (χ4v) is 2.54. The second kappa shape index (κ2) is 6.95. The highest BCUT2D eigenvalue weighted by atomic mass is 19.4. The molecule has 3 aromatic rings. The highest BCUT2D eigenvalue weighted by molar-refractivity contribution is 5.70. The average Bonchev–Trinajstić information content (AvgIpc) is 2.62. The molecule has 0 atom stereocenters. The summed E-state index contributed by atoms with van der Waals surface area (Å²) in [6.07, 6.45) is -3.15. The average molecular weight is 361 g/mol. The summed E-state index contributed by atoms with van der Waals surface area (Å²) < 4.78 is 47.3. The molecule has 0 radical (unpaired) electrons. The van der Waals surface area contributed by atoms with Crippen molar-refractivity contribution in [2.45, 2.75) is 6.36 Å². The Kier molecular flexibility index (Phi) is 4.71. The largest absolute Gasteiger partial charge is 0.573 e.